The Morgan fingerprint density at radius 2 is 0.603 bits per heavy atom. The maximum atomic E-state index is 12.8. The number of allylic oxidation sites excluding steroid dienone is 18. The summed E-state index contributed by atoms with van der Waals surface area (Å²) in [5, 5.41) is 0. The molecule has 0 radical (unpaired) electrons. The molecule has 0 aromatic carbocycles. The minimum Gasteiger partial charge on any atom is -0.462 e. The zero-order valence-corrected chi connectivity index (χ0v) is 44.1. The van der Waals surface area contributed by atoms with Crippen LogP contribution in [0.3, 0.4) is 0 Å². The fourth-order valence-electron chi connectivity index (χ4n) is 7.36. The maximum Gasteiger partial charge on any atom is 0.306 e. The predicted molar refractivity (Wildman–Crippen MR) is 293 cm³/mol. The molecule has 6 heteroatoms. The van der Waals surface area contributed by atoms with Gasteiger partial charge in [0.2, 0.25) is 0 Å². The standard InChI is InChI=1S/C62H102O6/c1-4-7-10-13-16-19-22-25-27-29-31-33-35-37-40-43-46-49-52-55-61(64)67-58-59(57-66-60(63)54-51-48-45-42-39-24-21-18-15-12-9-6-3)68-62(65)56-53-50-47-44-41-38-36-34-32-30-28-26-23-20-17-14-11-8-5-2/h7,10,16-17,19-20,25-28,31-34,37,40,46,49,59H,4-6,8-9,11-15,18,21-24,29-30,35-36,38-39,41-45,47-48,50-58H2,1-3H3/b10-7-,19-16-,20-17-,27-25-,28-26-,33-31-,34-32-,40-37-,49-46-. The molecule has 0 amide bonds. The van der Waals surface area contributed by atoms with E-state index in [0.29, 0.717) is 19.3 Å². The predicted octanol–water partition coefficient (Wildman–Crippen LogP) is 18.7. The summed E-state index contributed by atoms with van der Waals surface area (Å²) in [4.78, 5) is 38.1. The van der Waals surface area contributed by atoms with Gasteiger partial charge in [-0.3, -0.25) is 14.4 Å². The zero-order chi connectivity index (χ0) is 49.3. The van der Waals surface area contributed by atoms with Crippen LogP contribution in [0.15, 0.2) is 109 Å². The number of carbonyl (C=O) groups excluding carboxylic acids is 3. The van der Waals surface area contributed by atoms with Gasteiger partial charge in [-0.05, 0) is 96.3 Å². The molecule has 386 valence electrons. The molecule has 0 aliphatic heterocycles. The summed E-state index contributed by atoms with van der Waals surface area (Å²) in [5.74, 6) is -1.01. The molecule has 1 unspecified atom stereocenters. The highest BCUT2D eigenvalue weighted by Gasteiger charge is 2.19. The van der Waals surface area contributed by atoms with E-state index in [1.807, 2.05) is 6.08 Å². The molecule has 0 rings (SSSR count). The first-order valence-corrected chi connectivity index (χ1v) is 27.9. The minimum absolute atomic E-state index is 0.107. The molecule has 6 nitrogen and oxygen atoms in total. The average Bonchev–Trinajstić information content (AvgIpc) is 3.34. The van der Waals surface area contributed by atoms with E-state index in [1.54, 1.807) is 0 Å². The van der Waals surface area contributed by atoms with Crippen molar-refractivity contribution in [3.8, 4) is 0 Å². The van der Waals surface area contributed by atoms with Gasteiger partial charge in [-0.15, -0.1) is 0 Å². The van der Waals surface area contributed by atoms with Crippen LogP contribution >= 0.6 is 0 Å². The average molecular weight is 943 g/mol. The number of ether oxygens (including phenoxy) is 3. The van der Waals surface area contributed by atoms with Gasteiger partial charge in [-0.1, -0.05) is 239 Å². The highest BCUT2D eigenvalue weighted by atomic mass is 16.6. The lowest BCUT2D eigenvalue weighted by molar-refractivity contribution is -0.166. The molecule has 0 bridgehead atoms. The summed E-state index contributed by atoms with van der Waals surface area (Å²) < 4.78 is 16.8. The lowest BCUT2D eigenvalue weighted by Crippen LogP contribution is -2.30. The molecule has 0 aromatic rings. The zero-order valence-electron chi connectivity index (χ0n) is 44.1. The quantitative estimate of drug-likeness (QED) is 0.0262. The molecule has 68 heavy (non-hydrogen) atoms. The van der Waals surface area contributed by atoms with Crippen LogP contribution in [-0.2, 0) is 28.6 Å². The summed E-state index contributed by atoms with van der Waals surface area (Å²) in [7, 11) is 0. The third-order valence-electron chi connectivity index (χ3n) is 11.5. The Bertz CT molecular complexity index is 1410. The minimum atomic E-state index is -0.816. The van der Waals surface area contributed by atoms with Gasteiger partial charge in [-0.2, -0.15) is 0 Å². The van der Waals surface area contributed by atoms with Crippen molar-refractivity contribution in [3.05, 3.63) is 109 Å². The summed E-state index contributed by atoms with van der Waals surface area (Å²) in [6.07, 6.45) is 75.1. The van der Waals surface area contributed by atoms with Crippen LogP contribution in [0.25, 0.3) is 0 Å². The fourth-order valence-corrected chi connectivity index (χ4v) is 7.36. The first-order valence-electron chi connectivity index (χ1n) is 27.9. The highest BCUT2D eigenvalue weighted by molar-refractivity contribution is 5.71. The lowest BCUT2D eigenvalue weighted by Gasteiger charge is -2.18. The number of carbonyl (C=O) groups is 3. The monoisotopic (exact) mass is 943 g/mol. The van der Waals surface area contributed by atoms with Crippen molar-refractivity contribution in [2.24, 2.45) is 0 Å². The second-order valence-corrected chi connectivity index (χ2v) is 18.1. The van der Waals surface area contributed by atoms with E-state index in [4.69, 9.17) is 14.2 Å². The van der Waals surface area contributed by atoms with Crippen LogP contribution < -0.4 is 0 Å². The molecule has 0 N–H and O–H groups in total. The van der Waals surface area contributed by atoms with Crippen LogP contribution in [0.5, 0.6) is 0 Å². The summed E-state index contributed by atoms with van der Waals surface area (Å²) in [6.45, 7) is 6.42. The molecule has 0 saturated carbocycles. The van der Waals surface area contributed by atoms with Crippen molar-refractivity contribution < 1.29 is 28.6 Å². The summed E-state index contributed by atoms with van der Waals surface area (Å²) in [5.41, 5.74) is 0. The first-order chi connectivity index (χ1) is 33.5. The molecule has 0 aliphatic rings. The summed E-state index contributed by atoms with van der Waals surface area (Å²) >= 11 is 0. The van der Waals surface area contributed by atoms with E-state index in [9.17, 15) is 14.4 Å². The number of hydrogen-bond acceptors (Lipinski definition) is 6. The van der Waals surface area contributed by atoms with Crippen molar-refractivity contribution >= 4 is 17.9 Å². The van der Waals surface area contributed by atoms with Gasteiger partial charge >= 0.3 is 17.9 Å². The Balaban J connectivity index is 4.51. The Morgan fingerprint density at radius 1 is 0.309 bits per heavy atom. The van der Waals surface area contributed by atoms with Gasteiger partial charge < -0.3 is 14.2 Å². The maximum absolute atomic E-state index is 12.8. The van der Waals surface area contributed by atoms with Crippen LogP contribution in [0, 0.1) is 0 Å². The van der Waals surface area contributed by atoms with Gasteiger partial charge in [0.05, 0.1) is 0 Å². The van der Waals surface area contributed by atoms with Crippen molar-refractivity contribution in [1.82, 2.24) is 0 Å². The number of unbranched alkanes of at least 4 members (excludes halogenated alkanes) is 20. The molecule has 0 saturated heterocycles. The normalized spacial score (nSPS) is 12.9. The van der Waals surface area contributed by atoms with Crippen molar-refractivity contribution in [2.45, 2.75) is 252 Å². The Kier molecular flexibility index (Phi) is 52.4. The SMILES string of the molecule is CC/C=C\C/C=C\C/C=C\C/C=C\C/C=C\C/C=C\CCC(=O)OCC(COC(=O)CCCCCCCCCCCCCC)OC(=O)CCCCCCCC/C=C\C/C=C\C/C=C\CCCCC. The smallest absolute Gasteiger partial charge is 0.306 e. The van der Waals surface area contributed by atoms with Gasteiger partial charge in [0.1, 0.15) is 13.2 Å². The van der Waals surface area contributed by atoms with Crippen LogP contribution in [0.2, 0.25) is 0 Å². The van der Waals surface area contributed by atoms with E-state index < -0.39 is 6.10 Å². The van der Waals surface area contributed by atoms with Gasteiger partial charge in [-0.25, -0.2) is 0 Å². The Morgan fingerprint density at radius 3 is 1.01 bits per heavy atom. The van der Waals surface area contributed by atoms with E-state index >= 15 is 0 Å². The van der Waals surface area contributed by atoms with Gasteiger partial charge in [0.15, 0.2) is 6.10 Å². The van der Waals surface area contributed by atoms with Crippen LogP contribution in [-0.4, -0.2) is 37.2 Å². The van der Waals surface area contributed by atoms with Crippen molar-refractivity contribution in [1.29, 1.82) is 0 Å². The van der Waals surface area contributed by atoms with Gasteiger partial charge in [0.25, 0.3) is 0 Å². The number of esters is 3. The molecule has 0 heterocycles. The fraction of sp³-hybridized carbons (Fsp3) is 0.661. The summed E-state index contributed by atoms with van der Waals surface area (Å²) in [6, 6.07) is 0. The van der Waals surface area contributed by atoms with E-state index in [0.717, 1.165) is 103 Å². The first kappa shape index (κ1) is 64.1. The number of hydrogen-bond donors (Lipinski definition) is 0. The lowest BCUT2D eigenvalue weighted by atomic mass is 10.0. The molecular formula is C62H102O6. The van der Waals surface area contributed by atoms with Crippen LogP contribution in [0.4, 0.5) is 0 Å². The molecular weight excluding hydrogens is 841 g/mol. The Labute approximate surface area is 419 Å². The molecule has 0 aromatic heterocycles. The van der Waals surface area contributed by atoms with Crippen LogP contribution in [0.1, 0.15) is 245 Å². The van der Waals surface area contributed by atoms with E-state index in [-0.39, 0.29) is 37.5 Å². The van der Waals surface area contributed by atoms with E-state index in [1.165, 1.54) is 96.3 Å². The topological polar surface area (TPSA) is 78.9 Å². The largest absolute Gasteiger partial charge is 0.462 e. The molecule has 0 spiro atoms. The molecule has 0 fully saturated rings. The second-order valence-electron chi connectivity index (χ2n) is 18.1. The van der Waals surface area contributed by atoms with Crippen molar-refractivity contribution in [2.75, 3.05) is 13.2 Å². The highest BCUT2D eigenvalue weighted by Crippen LogP contribution is 2.14. The number of rotatable bonds is 49. The third kappa shape index (κ3) is 53.0. The molecule has 1 atom stereocenters. The molecule has 0 aliphatic carbocycles. The van der Waals surface area contributed by atoms with Gasteiger partial charge in [0, 0.05) is 19.3 Å². The Hall–Kier alpha value is -3.93. The van der Waals surface area contributed by atoms with Crippen molar-refractivity contribution in [3.63, 3.8) is 0 Å². The second kappa shape index (κ2) is 55.7. The third-order valence-corrected chi connectivity index (χ3v) is 11.5. The van der Waals surface area contributed by atoms with E-state index in [2.05, 4.69) is 124 Å².